The number of carbonyl (C=O) groups is 2. The molecule has 0 unspecified atom stereocenters. The zero-order chi connectivity index (χ0) is 23.0. The Hall–Kier alpha value is -3.43. The molecule has 9 heteroatoms. The molecule has 0 aliphatic carbocycles. The highest BCUT2D eigenvalue weighted by Gasteiger charge is 2.28. The van der Waals surface area contributed by atoms with Gasteiger partial charge in [0.1, 0.15) is 31.3 Å². The summed E-state index contributed by atoms with van der Waals surface area (Å²) in [4.78, 5) is 30.9. The van der Waals surface area contributed by atoms with Crippen LogP contribution in [0.2, 0.25) is 0 Å². The lowest BCUT2D eigenvalue weighted by Gasteiger charge is -2.29. The van der Waals surface area contributed by atoms with Crippen LogP contribution in [0.5, 0.6) is 11.5 Å². The van der Waals surface area contributed by atoms with Crippen molar-refractivity contribution in [3.63, 3.8) is 0 Å². The standard InChI is InChI=1S/C24H24N2O6S/c1-29-10-9-22-25-19(16-33-22)17-7-8-21-20(13-17)26(23(27)15-32-21)14-24(28)31-12-11-30-18-5-3-2-4-6-18/h2-8,13,16H,9-12,14-15H2,1H3. The molecule has 1 aliphatic rings. The smallest absolute Gasteiger partial charge is 0.326 e. The number of rotatable bonds is 10. The van der Waals surface area contributed by atoms with Gasteiger partial charge in [0.25, 0.3) is 5.91 Å². The van der Waals surface area contributed by atoms with Gasteiger partial charge < -0.3 is 18.9 Å². The number of carbonyl (C=O) groups excluding carboxylic acids is 2. The zero-order valence-corrected chi connectivity index (χ0v) is 19.0. The molecule has 0 fully saturated rings. The van der Waals surface area contributed by atoms with Crippen molar-refractivity contribution < 1.29 is 28.5 Å². The molecule has 8 nitrogen and oxygen atoms in total. The first-order chi connectivity index (χ1) is 16.1. The first kappa shape index (κ1) is 22.8. The van der Waals surface area contributed by atoms with Gasteiger partial charge in [-0.15, -0.1) is 11.3 Å². The minimum absolute atomic E-state index is 0.0855. The number of nitrogens with zero attached hydrogens (tertiary/aromatic N) is 2. The average molecular weight is 469 g/mol. The van der Waals surface area contributed by atoms with Crippen LogP contribution in [0.15, 0.2) is 53.9 Å². The highest BCUT2D eigenvalue weighted by atomic mass is 32.1. The molecule has 0 N–H and O–H groups in total. The monoisotopic (exact) mass is 468 g/mol. The summed E-state index contributed by atoms with van der Waals surface area (Å²) in [7, 11) is 1.66. The van der Waals surface area contributed by atoms with Crippen LogP contribution in [0.4, 0.5) is 5.69 Å². The summed E-state index contributed by atoms with van der Waals surface area (Å²) >= 11 is 1.55. The highest BCUT2D eigenvalue weighted by Crippen LogP contribution is 2.36. The van der Waals surface area contributed by atoms with Crippen molar-refractivity contribution in [2.24, 2.45) is 0 Å². The van der Waals surface area contributed by atoms with E-state index in [1.54, 1.807) is 24.5 Å². The highest BCUT2D eigenvalue weighted by molar-refractivity contribution is 7.09. The van der Waals surface area contributed by atoms with E-state index in [-0.39, 0.29) is 32.3 Å². The average Bonchev–Trinajstić information content (AvgIpc) is 3.32. The minimum Gasteiger partial charge on any atom is -0.490 e. The number of thiazole rings is 1. The largest absolute Gasteiger partial charge is 0.490 e. The summed E-state index contributed by atoms with van der Waals surface area (Å²) in [6.07, 6.45) is 0.736. The number of hydrogen-bond donors (Lipinski definition) is 0. The van der Waals surface area contributed by atoms with Gasteiger partial charge in [0.15, 0.2) is 6.61 Å². The maximum absolute atomic E-state index is 12.5. The summed E-state index contributed by atoms with van der Waals surface area (Å²) in [6, 6.07) is 14.8. The van der Waals surface area contributed by atoms with Gasteiger partial charge in [-0.05, 0) is 30.3 Å². The summed E-state index contributed by atoms with van der Waals surface area (Å²) in [5.74, 6) is 0.407. The van der Waals surface area contributed by atoms with E-state index in [9.17, 15) is 9.59 Å². The predicted octanol–water partition coefficient (Wildman–Crippen LogP) is 3.35. The van der Waals surface area contributed by atoms with E-state index in [0.717, 1.165) is 22.7 Å². The fourth-order valence-corrected chi connectivity index (χ4v) is 4.08. The molecule has 0 bridgehead atoms. The summed E-state index contributed by atoms with van der Waals surface area (Å²) in [5, 5.41) is 2.93. The minimum atomic E-state index is -0.520. The van der Waals surface area contributed by atoms with Crippen LogP contribution >= 0.6 is 11.3 Å². The molecule has 0 spiro atoms. The van der Waals surface area contributed by atoms with Crippen LogP contribution in [0, 0.1) is 0 Å². The van der Waals surface area contributed by atoms with Crippen molar-refractivity contribution in [3.8, 4) is 22.8 Å². The number of esters is 1. The lowest BCUT2D eigenvalue weighted by Crippen LogP contribution is -2.42. The fraction of sp³-hybridized carbons (Fsp3) is 0.292. The molecule has 172 valence electrons. The topological polar surface area (TPSA) is 87.2 Å². The lowest BCUT2D eigenvalue weighted by atomic mass is 10.1. The van der Waals surface area contributed by atoms with Crippen molar-refractivity contribution in [1.29, 1.82) is 0 Å². The fourth-order valence-electron chi connectivity index (χ4n) is 3.29. The first-order valence-electron chi connectivity index (χ1n) is 10.5. The third-order valence-corrected chi connectivity index (χ3v) is 5.82. The van der Waals surface area contributed by atoms with Crippen LogP contribution in [0.25, 0.3) is 11.3 Å². The Morgan fingerprint density at radius 3 is 2.82 bits per heavy atom. The van der Waals surface area contributed by atoms with E-state index in [2.05, 4.69) is 4.98 Å². The van der Waals surface area contributed by atoms with E-state index in [1.807, 2.05) is 47.8 Å². The zero-order valence-electron chi connectivity index (χ0n) is 18.2. The molecule has 3 aromatic rings. The number of anilines is 1. The molecular weight excluding hydrogens is 444 g/mol. The summed E-state index contributed by atoms with van der Waals surface area (Å²) < 4.78 is 21.4. The second-order valence-corrected chi connectivity index (χ2v) is 8.14. The third-order valence-electron chi connectivity index (χ3n) is 4.92. The molecule has 2 heterocycles. The maximum Gasteiger partial charge on any atom is 0.326 e. The van der Waals surface area contributed by atoms with Crippen LogP contribution in [-0.4, -0.2) is 56.9 Å². The van der Waals surface area contributed by atoms with Gasteiger partial charge in [0.2, 0.25) is 0 Å². The van der Waals surface area contributed by atoms with Gasteiger partial charge in [0, 0.05) is 24.5 Å². The second kappa shape index (κ2) is 10.9. The number of ether oxygens (including phenoxy) is 4. The van der Waals surface area contributed by atoms with Gasteiger partial charge >= 0.3 is 5.97 Å². The number of aromatic nitrogens is 1. The van der Waals surface area contributed by atoms with E-state index < -0.39 is 5.97 Å². The molecule has 0 atom stereocenters. The van der Waals surface area contributed by atoms with Gasteiger partial charge in [-0.25, -0.2) is 4.98 Å². The summed E-state index contributed by atoms with van der Waals surface area (Å²) in [6.45, 7) is 0.575. The number of hydrogen-bond acceptors (Lipinski definition) is 8. The molecule has 0 saturated heterocycles. The molecule has 1 aliphatic heterocycles. The van der Waals surface area contributed by atoms with Gasteiger partial charge in [-0.3, -0.25) is 14.5 Å². The van der Waals surface area contributed by atoms with E-state index in [1.165, 1.54) is 4.90 Å². The van der Waals surface area contributed by atoms with Crippen LogP contribution in [0.1, 0.15) is 5.01 Å². The van der Waals surface area contributed by atoms with E-state index >= 15 is 0 Å². The van der Waals surface area contributed by atoms with Gasteiger partial charge in [0.05, 0.1) is 23.0 Å². The normalized spacial score (nSPS) is 12.8. The molecule has 4 rings (SSSR count). The number of para-hydroxylation sites is 1. The van der Waals surface area contributed by atoms with Crippen molar-refractivity contribution in [3.05, 3.63) is 58.9 Å². The number of benzene rings is 2. The Morgan fingerprint density at radius 2 is 2.00 bits per heavy atom. The Labute approximate surface area is 195 Å². The Bertz CT molecular complexity index is 1100. The van der Waals surface area contributed by atoms with Crippen LogP contribution in [0.3, 0.4) is 0 Å². The molecule has 1 aromatic heterocycles. The molecule has 2 aromatic carbocycles. The van der Waals surface area contributed by atoms with E-state index in [4.69, 9.17) is 18.9 Å². The van der Waals surface area contributed by atoms with Crippen LogP contribution < -0.4 is 14.4 Å². The number of fused-ring (bicyclic) bond motifs is 1. The second-order valence-electron chi connectivity index (χ2n) is 7.20. The van der Waals surface area contributed by atoms with Gasteiger partial charge in [-0.2, -0.15) is 0 Å². The molecule has 1 amide bonds. The Kier molecular flexibility index (Phi) is 7.54. The van der Waals surface area contributed by atoms with Crippen LogP contribution in [-0.2, 0) is 25.5 Å². The first-order valence-corrected chi connectivity index (χ1v) is 11.4. The molecule has 0 saturated carbocycles. The number of methoxy groups -OCH3 is 1. The number of amides is 1. The summed E-state index contributed by atoms with van der Waals surface area (Å²) in [5.41, 5.74) is 2.15. The van der Waals surface area contributed by atoms with Gasteiger partial charge in [-0.1, -0.05) is 18.2 Å². The third kappa shape index (κ3) is 5.88. The van der Waals surface area contributed by atoms with Crippen molar-refractivity contribution in [2.45, 2.75) is 6.42 Å². The van der Waals surface area contributed by atoms with E-state index in [0.29, 0.717) is 23.8 Å². The molecular formula is C24H24N2O6S. The van der Waals surface area contributed by atoms with Crippen molar-refractivity contribution in [2.75, 3.05) is 45.0 Å². The SMILES string of the molecule is COCCc1nc(-c2ccc3c(c2)N(CC(=O)OCCOc2ccccc2)C(=O)CO3)cs1. The van der Waals surface area contributed by atoms with Crippen molar-refractivity contribution >= 4 is 28.9 Å². The quantitative estimate of drug-likeness (QED) is 0.333. The predicted molar refractivity (Wildman–Crippen MR) is 124 cm³/mol. The molecule has 0 radical (unpaired) electrons. The van der Waals surface area contributed by atoms with Crippen molar-refractivity contribution in [1.82, 2.24) is 4.98 Å². The maximum atomic E-state index is 12.5. The Balaban J connectivity index is 1.39. The molecule has 33 heavy (non-hydrogen) atoms. The lowest BCUT2D eigenvalue weighted by molar-refractivity contribution is -0.143. The Morgan fingerprint density at radius 1 is 1.15 bits per heavy atom.